The lowest BCUT2D eigenvalue weighted by Gasteiger charge is -2.16. The second-order valence-electron chi connectivity index (χ2n) is 2.50. The highest BCUT2D eigenvalue weighted by Crippen LogP contribution is 2.42. The molecule has 6 nitrogen and oxygen atoms in total. The molecule has 86 valence electrons. The molecule has 0 aromatic carbocycles. The van der Waals surface area contributed by atoms with Crippen LogP contribution >= 0.6 is 7.82 Å². The van der Waals surface area contributed by atoms with Crippen LogP contribution in [0.25, 0.3) is 0 Å². The maximum atomic E-state index is 11.1. The molecule has 0 bridgehead atoms. The monoisotopic (exact) mass is 228 g/mol. The largest absolute Gasteiger partial charge is 0.472 e. The molecule has 0 aromatic rings. The Morgan fingerprint density at radius 1 is 1.29 bits per heavy atom. The van der Waals surface area contributed by atoms with Gasteiger partial charge in [0.15, 0.2) is 0 Å². The van der Waals surface area contributed by atoms with Crippen molar-refractivity contribution >= 4 is 7.82 Å². The number of phosphoric ester groups is 1. The third-order valence-corrected chi connectivity index (χ3v) is 2.46. The van der Waals surface area contributed by atoms with E-state index >= 15 is 0 Å². The zero-order valence-electron chi connectivity index (χ0n) is 8.63. The summed E-state index contributed by atoms with van der Waals surface area (Å²) in [6.07, 6.45) is -0.374. The van der Waals surface area contributed by atoms with Gasteiger partial charge in [-0.15, -0.1) is 0 Å². The van der Waals surface area contributed by atoms with Crippen molar-refractivity contribution in [2.75, 3.05) is 34.0 Å². The Bertz CT molecular complexity index is 185. The quantitative estimate of drug-likeness (QED) is 0.619. The highest BCUT2D eigenvalue weighted by atomic mass is 31.2. The molecule has 1 unspecified atom stereocenters. The van der Waals surface area contributed by atoms with Crippen molar-refractivity contribution in [2.45, 2.75) is 13.0 Å². The molecular formula is C7H17O6P. The molecule has 0 spiro atoms. The van der Waals surface area contributed by atoms with Gasteiger partial charge in [0.05, 0.1) is 19.8 Å². The second kappa shape index (κ2) is 7.34. The summed E-state index contributed by atoms with van der Waals surface area (Å²) >= 11 is 0. The molecule has 14 heavy (non-hydrogen) atoms. The van der Waals surface area contributed by atoms with E-state index in [2.05, 4.69) is 9.05 Å². The normalized spacial score (nSPS) is 17.7. The number of methoxy groups -OCH3 is 2. The fraction of sp³-hybridized carbons (Fsp3) is 1.00. The van der Waals surface area contributed by atoms with E-state index < -0.39 is 7.82 Å². The number of phosphoric acid groups is 1. The Morgan fingerprint density at radius 2 is 1.93 bits per heavy atom. The molecule has 0 aromatic heterocycles. The van der Waals surface area contributed by atoms with Gasteiger partial charge in [-0.25, -0.2) is 4.57 Å². The third kappa shape index (κ3) is 6.48. The SMILES string of the molecule is CCOP(=O)(O)OC[C@@H](COC)OC. The first-order valence-corrected chi connectivity index (χ1v) is 5.68. The Balaban J connectivity index is 3.83. The zero-order chi connectivity index (χ0) is 11.0. The average Bonchev–Trinajstić information content (AvgIpc) is 2.12. The molecular weight excluding hydrogens is 211 g/mol. The van der Waals surface area contributed by atoms with E-state index in [0.29, 0.717) is 6.61 Å². The Morgan fingerprint density at radius 3 is 2.36 bits per heavy atom. The van der Waals surface area contributed by atoms with Crippen LogP contribution in [-0.2, 0) is 23.1 Å². The first kappa shape index (κ1) is 14.0. The number of hydrogen-bond donors (Lipinski definition) is 1. The van der Waals surface area contributed by atoms with Crippen LogP contribution in [0, 0.1) is 0 Å². The van der Waals surface area contributed by atoms with Gasteiger partial charge in [0.1, 0.15) is 6.10 Å². The minimum Gasteiger partial charge on any atom is -0.382 e. The molecule has 1 N–H and O–H groups in total. The number of rotatable bonds is 8. The van der Waals surface area contributed by atoms with E-state index in [1.165, 1.54) is 14.2 Å². The molecule has 0 rings (SSSR count). The maximum absolute atomic E-state index is 11.1. The van der Waals surface area contributed by atoms with Gasteiger partial charge in [-0.05, 0) is 6.92 Å². The van der Waals surface area contributed by atoms with Crippen LogP contribution in [0.5, 0.6) is 0 Å². The Hall–Kier alpha value is 0.0300. The van der Waals surface area contributed by atoms with Crippen molar-refractivity contribution in [1.29, 1.82) is 0 Å². The van der Waals surface area contributed by atoms with Crippen LogP contribution in [-0.4, -0.2) is 45.0 Å². The molecule has 0 aliphatic rings. The summed E-state index contributed by atoms with van der Waals surface area (Å²) < 4.78 is 29.9. The lowest BCUT2D eigenvalue weighted by Crippen LogP contribution is -2.23. The summed E-state index contributed by atoms with van der Waals surface area (Å²) in [5, 5.41) is 0. The molecule has 2 atom stereocenters. The van der Waals surface area contributed by atoms with Crippen molar-refractivity contribution in [1.82, 2.24) is 0 Å². The zero-order valence-corrected chi connectivity index (χ0v) is 9.53. The van der Waals surface area contributed by atoms with E-state index in [1.807, 2.05) is 0 Å². The molecule has 0 aliphatic heterocycles. The number of ether oxygens (including phenoxy) is 2. The molecule has 0 amide bonds. The van der Waals surface area contributed by atoms with Crippen LogP contribution in [0.4, 0.5) is 0 Å². The summed E-state index contributed by atoms with van der Waals surface area (Å²) in [6.45, 7) is 1.98. The standard InChI is InChI=1S/C7H17O6P/c1-4-12-14(8,9)13-6-7(11-3)5-10-2/h7H,4-6H2,1-3H3,(H,8,9)/t7-/m1/s1. The summed E-state index contributed by atoms with van der Waals surface area (Å²) in [5.74, 6) is 0. The molecule has 7 heteroatoms. The highest BCUT2D eigenvalue weighted by Gasteiger charge is 2.22. The topological polar surface area (TPSA) is 74.2 Å². The van der Waals surface area contributed by atoms with Gasteiger partial charge in [0.2, 0.25) is 0 Å². The summed E-state index contributed by atoms with van der Waals surface area (Å²) in [6, 6.07) is 0. The van der Waals surface area contributed by atoms with Gasteiger partial charge >= 0.3 is 7.82 Å². The average molecular weight is 228 g/mol. The molecule has 0 aliphatic carbocycles. The van der Waals surface area contributed by atoms with E-state index in [1.54, 1.807) is 6.92 Å². The van der Waals surface area contributed by atoms with Gasteiger partial charge in [0.25, 0.3) is 0 Å². The van der Waals surface area contributed by atoms with Gasteiger partial charge in [-0.2, -0.15) is 0 Å². The van der Waals surface area contributed by atoms with Crippen LogP contribution in [0.1, 0.15) is 6.92 Å². The highest BCUT2D eigenvalue weighted by molar-refractivity contribution is 7.47. The van der Waals surface area contributed by atoms with E-state index in [9.17, 15) is 4.57 Å². The lowest BCUT2D eigenvalue weighted by molar-refractivity contribution is -0.00773. The van der Waals surface area contributed by atoms with Gasteiger partial charge < -0.3 is 14.4 Å². The minimum atomic E-state index is -3.92. The summed E-state index contributed by atoms with van der Waals surface area (Å²) in [5.41, 5.74) is 0. The molecule has 0 saturated heterocycles. The minimum absolute atomic E-state index is 0.0435. The molecule has 0 saturated carbocycles. The fourth-order valence-electron chi connectivity index (χ4n) is 0.748. The molecule has 0 radical (unpaired) electrons. The van der Waals surface area contributed by atoms with Crippen molar-refractivity contribution in [2.24, 2.45) is 0 Å². The Labute approximate surface area is 83.7 Å². The predicted molar refractivity (Wildman–Crippen MR) is 50.1 cm³/mol. The fourth-order valence-corrected chi connectivity index (χ4v) is 1.50. The van der Waals surface area contributed by atoms with Gasteiger partial charge in [-0.3, -0.25) is 9.05 Å². The first-order valence-electron chi connectivity index (χ1n) is 4.19. The van der Waals surface area contributed by atoms with Gasteiger partial charge in [-0.1, -0.05) is 0 Å². The van der Waals surface area contributed by atoms with Crippen LogP contribution in [0.15, 0.2) is 0 Å². The number of hydrogen-bond acceptors (Lipinski definition) is 5. The van der Waals surface area contributed by atoms with Crippen molar-refractivity contribution in [3.05, 3.63) is 0 Å². The van der Waals surface area contributed by atoms with Crippen LogP contribution in [0.3, 0.4) is 0 Å². The van der Waals surface area contributed by atoms with Crippen molar-refractivity contribution in [3.63, 3.8) is 0 Å². The Kier molecular flexibility index (Phi) is 7.35. The van der Waals surface area contributed by atoms with E-state index in [-0.39, 0.29) is 19.3 Å². The summed E-state index contributed by atoms with van der Waals surface area (Å²) in [4.78, 5) is 9.04. The molecule has 0 fully saturated rings. The van der Waals surface area contributed by atoms with Gasteiger partial charge in [0, 0.05) is 14.2 Å². The third-order valence-electron chi connectivity index (χ3n) is 1.40. The molecule has 0 heterocycles. The van der Waals surface area contributed by atoms with Crippen molar-refractivity contribution in [3.8, 4) is 0 Å². The predicted octanol–water partition coefficient (Wildman–Crippen LogP) is 0.801. The van der Waals surface area contributed by atoms with Crippen LogP contribution < -0.4 is 0 Å². The summed E-state index contributed by atoms with van der Waals surface area (Å²) in [7, 11) is -0.943. The van der Waals surface area contributed by atoms with Crippen LogP contribution in [0.2, 0.25) is 0 Å². The first-order chi connectivity index (χ1) is 6.55. The maximum Gasteiger partial charge on any atom is 0.472 e. The lowest BCUT2D eigenvalue weighted by atomic mass is 10.4. The van der Waals surface area contributed by atoms with E-state index in [0.717, 1.165) is 0 Å². The van der Waals surface area contributed by atoms with Crippen molar-refractivity contribution < 1.29 is 28.0 Å². The smallest absolute Gasteiger partial charge is 0.382 e. The second-order valence-corrected chi connectivity index (χ2v) is 3.95. The van der Waals surface area contributed by atoms with E-state index in [4.69, 9.17) is 14.4 Å².